The maximum absolute atomic E-state index is 13.0. The molecule has 1 heterocycles. The first-order chi connectivity index (χ1) is 15.1. The minimum Gasteiger partial charge on any atom is -0.406 e. The molecule has 0 unspecified atom stereocenters. The monoisotopic (exact) mass is 470 g/mol. The fourth-order valence-corrected chi connectivity index (χ4v) is 5.09. The lowest BCUT2D eigenvalue weighted by molar-refractivity contribution is -0.274. The van der Waals surface area contributed by atoms with Crippen LogP contribution in [0.5, 0.6) is 5.75 Å². The summed E-state index contributed by atoms with van der Waals surface area (Å²) in [7, 11) is -3.91. The Bertz CT molecular complexity index is 1000. The van der Waals surface area contributed by atoms with Crippen LogP contribution in [0, 0.1) is 0 Å². The summed E-state index contributed by atoms with van der Waals surface area (Å²) >= 11 is 0. The van der Waals surface area contributed by atoms with E-state index in [1.165, 1.54) is 0 Å². The van der Waals surface area contributed by atoms with E-state index in [-0.39, 0.29) is 22.8 Å². The summed E-state index contributed by atoms with van der Waals surface area (Å²) in [6, 6.07) is 13.2. The van der Waals surface area contributed by atoms with Crippen molar-refractivity contribution in [3.8, 4) is 5.75 Å². The fraction of sp³-hybridized carbons (Fsp3) is 0.409. The van der Waals surface area contributed by atoms with Crippen molar-refractivity contribution in [2.45, 2.75) is 49.4 Å². The van der Waals surface area contributed by atoms with Crippen molar-refractivity contribution in [3.05, 3.63) is 60.2 Å². The van der Waals surface area contributed by atoms with Gasteiger partial charge in [0.2, 0.25) is 15.9 Å². The van der Waals surface area contributed by atoms with Gasteiger partial charge in [-0.3, -0.25) is 4.79 Å². The quantitative estimate of drug-likeness (QED) is 0.663. The topological polar surface area (TPSA) is 75.7 Å². The van der Waals surface area contributed by atoms with Crippen molar-refractivity contribution in [2.75, 3.05) is 13.1 Å². The van der Waals surface area contributed by atoms with Gasteiger partial charge in [-0.15, -0.1) is 13.2 Å². The molecule has 0 saturated carbocycles. The molecule has 0 aromatic heterocycles. The van der Waals surface area contributed by atoms with Crippen LogP contribution < -0.4 is 9.46 Å². The van der Waals surface area contributed by atoms with Gasteiger partial charge in [-0.2, -0.15) is 0 Å². The summed E-state index contributed by atoms with van der Waals surface area (Å²) in [5.41, 5.74) is 0.959. The van der Waals surface area contributed by atoms with Crippen LogP contribution in [0.3, 0.4) is 0 Å². The number of halogens is 3. The summed E-state index contributed by atoms with van der Waals surface area (Å²) in [4.78, 5) is 14.6. The van der Waals surface area contributed by atoms with Crippen LogP contribution in [-0.4, -0.2) is 44.7 Å². The van der Waals surface area contributed by atoms with Crippen molar-refractivity contribution in [3.63, 3.8) is 0 Å². The van der Waals surface area contributed by atoms with Gasteiger partial charge in [-0.05, 0) is 49.1 Å². The van der Waals surface area contributed by atoms with Crippen LogP contribution >= 0.6 is 0 Å². The van der Waals surface area contributed by atoms with E-state index >= 15 is 0 Å². The van der Waals surface area contributed by atoms with E-state index in [2.05, 4.69) is 9.46 Å². The molecule has 0 bridgehead atoms. The molecule has 1 saturated heterocycles. The Balaban J connectivity index is 1.57. The van der Waals surface area contributed by atoms with E-state index in [1.54, 1.807) is 4.90 Å². The van der Waals surface area contributed by atoms with Crippen molar-refractivity contribution in [1.29, 1.82) is 0 Å². The average Bonchev–Trinajstić information content (AvgIpc) is 2.74. The number of hydrogen-bond donors (Lipinski definition) is 1. The van der Waals surface area contributed by atoms with Crippen LogP contribution in [0.15, 0.2) is 59.5 Å². The van der Waals surface area contributed by atoms with Crippen molar-refractivity contribution in [2.24, 2.45) is 0 Å². The number of carbonyl (C=O) groups is 1. The predicted molar refractivity (Wildman–Crippen MR) is 113 cm³/mol. The highest BCUT2D eigenvalue weighted by molar-refractivity contribution is 7.89. The molecule has 1 amide bonds. The Morgan fingerprint density at radius 2 is 1.69 bits per heavy atom. The number of nitrogens with zero attached hydrogens (tertiary/aromatic N) is 1. The number of rotatable bonds is 7. The Morgan fingerprint density at radius 1 is 1.09 bits per heavy atom. The van der Waals surface area contributed by atoms with Gasteiger partial charge in [0, 0.05) is 19.1 Å². The predicted octanol–water partition coefficient (Wildman–Crippen LogP) is 4.05. The summed E-state index contributed by atoms with van der Waals surface area (Å²) in [6.45, 7) is 2.81. The molecule has 32 heavy (non-hydrogen) atoms. The van der Waals surface area contributed by atoms with Gasteiger partial charge in [0.15, 0.2) is 0 Å². The SMILES string of the molecule is CC[C@@H](C(=O)N1CCC(NS(=O)(=O)c2ccc(OC(F)(F)F)cc2)CC1)c1ccccc1. The molecule has 0 radical (unpaired) electrons. The second kappa shape index (κ2) is 9.91. The van der Waals surface area contributed by atoms with Gasteiger partial charge in [-0.1, -0.05) is 37.3 Å². The summed E-state index contributed by atoms with van der Waals surface area (Å²) in [6.07, 6.45) is -3.28. The average molecular weight is 471 g/mol. The number of amides is 1. The number of benzene rings is 2. The zero-order valence-corrected chi connectivity index (χ0v) is 18.3. The molecule has 1 aliphatic rings. The molecule has 1 fully saturated rings. The van der Waals surface area contributed by atoms with Crippen molar-refractivity contribution in [1.82, 2.24) is 9.62 Å². The largest absolute Gasteiger partial charge is 0.573 e. The number of sulfonamides is 1. The first kappa shape index (κ1) is 24.1. The zero-order chi connectivity index (χ0) is 23.4. The van der Waals surface area contributed by atoms with Crippen molar-refractivity contribution < 1.29 is 31.1 Å². The van der Waals surface area contributed by atoms with Crippen LogP contribution in [0.25, 0.3) is 0 Å². The standard InChI is InChI=1S/C22H25F3N2O4S/c1-2-20(16-6-4-3-5-7-16)21(28)27-14-12-17(13-15-27)26-32(29,30)19-10-8-18(9-11-19)31-22(23,24)25/h3-11,17,20,26H,2,12-15H2,1H3/t20-/m1/s1. The van der Waals surface area contributed by atoms with Gasteiger partial charge in [-0.25, -0.2) is 13.1 Å². The smallest absolute Gasteiger partial charge is 0.406 e. The number of likely N-dealkylation sites (tertiary alicyclic amines) is 1. The Kier molecular flexibility index (Phi) is 7.45. The first-order valence-corrected chi connectivity index (χ1v) is 11.8. The maximum Gasteiger partial charge on any atom is 0.573 e. The van der Waals surface area contributed by atoms with Crippen LogP contribution in [0.4, 0.5) is 13.2 Å². The maximum atomic E-state index is 13.0. The van der Waals surface area contributed by atoms with Gasteiger partial charge in [0.1, 0.15) is 5.75 Å². The number of hydrogen-bond acceptors (Lipinski definition) is 4. The highest BCUT2D eigenvalue weighted by Gasteiger charge is 2.32. The molecule has 1 N–H and O–H groups in total. The van der Waals surface area contributed by atoms with Crippen LogP contribution in [0.1, 0.15) is 37.7 Å². The molecular formula is C22H25F3N2O4S. The van der Waals surface area contributed by atoms with Crippen LogP contribution in [-0.2, 0) is 14.8 Å². The van der Waals surface area contributed by atoms with Gasteiger partial charge < -0.3 is 9.64 Å². The third-order valence-corrected chi connectivity index (χ3v) is 6.94. The molecular weight excluding hydrogens is 445 g/mol. The second-order valence-electron chi connectivity index (χ2n) is 7.61. The number of carbonyl (C=O) groups excluding carboxylic acids is 1. The molecule has 1 atom stereocenters. The van der Waals surface area contributed by atoms with E-state index in [0.717, 1.165) is 29.8 Å². The minimum absolute atomic E-state index is 0.0280. The van der Waals surface area contributed by atoms with E-state index in [0.29, 0.717) is 32.4 Å². The number of ether oxygens (including phenoxy) is 1. The first-order valence-electron chi connectivity index (χ1n) is 10.3. The highest BCUT2D eigenvalue weighted by atomic mass is 32.2. The lowest BCUT2D eigenvalue weighted by Gasteiger charge is -2.34. The lowest BCUT2D eigenvalue weighted by Crippen LogP contribution is -2.47. The van der Waals surface area contributed by atoms with Gasteiger partial charge in [0.05, 0.1) is 10.8 Å². The summed E-state index contributed by atoms with van der Waals surface area (Å²) in [5, 5.41) is 0. The third kappa shape index (κ3) is 6.23. The minimum atomic E-state index is -4.85. The normalized spacial score (nSPS) is 16.6. The molecule has 1 aliphatic heterocycles. The molecule has 6 nitrogen and oxygen atoms in total. The molecule has 0 spiro atoms. The number of nitrogens with one attached hydrogen (secondary N) is 1. The fourth-order valence-electron chi connectivity index (χ4n) is 3.78. The number of piperidine rings is 1. The van der Waals surface area contributed by atoms with E-state index in [1.807, 2.05) is 37.3 Å². The summed E-state index contributed by atoms with van der Waals surface area (Å²) < 4.78 is 68.3. The Labute approximate surface area is 185 Å². The highest BCUT2D eigenvalue weighted by Crippen LogP contribution is 2.26. The molecule has 3 rings (SSSR count). The Morgan fingerprint density at radius 3 is 2.22 bits per heavy atom. The second-order valence-corrected chi connectivity index (χ2v) is 9.33. The van der Waals surface area contributed by atoms with Crippen molar-refractivity contribution >= 4 is 15.9 Å². The molecule has 2 aromatic rings. The lowest BCUT2D eigenvalue weighted by atomic mass is 9.94. The molecule has 2 aromatic carbocycles. The molecule has 10 heteroatoms. The summed E-state index contributed by atoms with van der Waals surface area (Å²) in [5.74, 6) is -0.700. The third-order valence-electron chi connectivity index (χ3n) is 5.40. The zero-order valence-electron chi connectivity index (χ0n) is 17.5. The van der Waals surface area contributed by atoms with Crippen LogP contribution in [0.2, 0.25) is 0 Å². The Hall–Kier alpha value is -2.59. The van der Waals surface area contributed by atoms with Gasteiger partial charge >= 0.3 is 6.36 Å². The molecule has 0 aliphatic carbocycles. The number of alkyl halides is 3. The van der Waals surface area contributed by atoms with E-state index in [4.69, 9.17) is 0 Å². The van der Waals surface area contributed by atoms with Gasteiger partial charge in [0.25, 0.3) is 0 Å². The molecule has 174 valence electrons. The van der Waals surface area contributed by atoms with E-state index in [9.17, 15) is 26.4 Å². The van der Waals surface area contributed by atoms with E-state index < -0.39 is 22.1 Å².